The van der Waals surface area contributed by atoms with Gasteiger partial charge in [0, 0.05) is 18.3 Å². The highest BCUT2D eigenvalue weighted by atomic mass is 16.5. The van der Waals surface area contributed by atoms with Crippen molar-refractivity contribution in [1.29, 1.82) is 0 Å². The Bertz CT molecular complexity index is 739. The van der Waals surface area contributed by atoms with Crippen LogP contribution in [0.5, 0.6) is 0 Å². The molecule has 1 aromatic carbocycles. The van der Waals surface area contributed by atoms with Gasteiger partial charge in [0.25, 0.3) is 0 Å². The van der Waals surface area contributed by atoms with Crippen LogP contribution >= 0.6 is 0 Å². The lowest BCUT2D eigenvalue weighted by atomic mass is 10.1. The second kappa shape index (κ2) is 10.5. The van der Waals surface area contributed by atoms with Crippen molar-refractivity contribution in [1.82, 2.24) is 0 Å². The molecule has 0 aromatic heterocycles. The third-order valence-corrected chi connectivity index (χ3v) is 3.58. The van der Waals surface area contributed by atoms with Gasteiger partial charge in [0.2, 0.25) is 5.91 Å². The molecule has 0 saturated heterocycles. The molecule has 0 aliphatic heterocycles. The van der Waals surface area contributed by atoms with Gasteiger partial charge in [-0.3, -0.25) is 4.79 Å². The Kier molecular flexibility index (Phi) is 8.41. The van der Waals surface area contributed by atoms with Crippen molar-refractivity contribution in [3.63, 3.8) is 0 Å². The van der Waals surface area contributed by atoms with Gasteiger partial charge in [0.1, 0.15) is 12.1 Å². The van der Waals surface area contributed by atoms with Crippen LogP contribution < -0.4 is 10.2 Å². The van der Waals surface area contributed by atoms with Gasteiger partial charge in [-0.1, -0.05) is 17.9 Å². The number of esters is 2. The minimum atomic E-state index is -0.848. The van der Waals surface area contributed by atoms with Crippen LogP contribution in [0.25, 0.3) is 0 Å². The zero-order valence-corrected chi connectivity index (χ0v) is 15.5. The topological polar surface area (TPSA) is 84.9 Å². The van der Waals surface area contributed by atoms with Gasteiger partial charge in [0.15, 0.2) is 13.2 Å². The van der Waals surface area contributed by atoms with Crippen LogP contribution in [-0.2, 0) is 23.9 Å². The van der Waals surface area contributed by atoms with E-state index in [1.807, 2.05) is 0 Å². The van der Waals surface area contributed by atoms with Crippen molar-refractivity contribution < 1.29 is 23.9 Å². The van der Waals surface area contributed by atoms with Crippen LogP contribution in [0.15, 0.2) is 24.3 Å². The summed E-state index contributed by atoms with van der Waals surface area (Å²) in [6.07, 6.45) is 10.2. The average Bonchev–Trinajstić information content (AvgIpc) is 2.63. The Hall–Kier alpha value is -3.45. The monoisotopic (exact) mass is 370 g/mol. The largest absolute Gasteiger partial charge is 0.451 e. The lowest BCUT2D eigenvalue weighted by molar-refractivity contribution is -0.145. The second-order valence-electron chi connectivity index (χ2n) is 5.61. The maximum Gasteiger partial charge on any atom is 0.329 e. The molecule has 0 bridgehead atoms. The molecule has 142 valence electrons. The number of nitrogens with one attached hydrogen (secondary N) is 1. The molecule has 0 aliphatic rings. The Balaban J connectivity index is 3.23. The molecular formula is C20H22N2O5. The SMILES string of the molecule is C#CCOC(=O)C(C)N(c1cccc(NC(C)=O)c1)C(C)C(=O)OCC#C. The van der Waals surface area contributed by atoms with Gasteiger partial charge in [0.05, 0.1) is 0 Å². The van der Waals surface area contributed by atoms with Crippen molar-refractivity contribution in [3.8, 4) is 24.7 Å². The first kappa shape index (κ1) is 21.6. The number of rotatable bonds is 8. The highest BCUT2D eigenvalue weighted by molar-refractivity contribution is 5.90. The first-order valence-electron chi connectivity index (χ1n) is 8.18. The van der Waals surface area contributed by atoms with E-state index in [0.717, 1.165) is 0 Å². The lowest BCUT2D eigenvalue weighted by Crippen LogP contribution is -2.49. The molecule has 0 saturated carbocycles. The zero-order chi connectivity index (χ0) is 20.4. The minimum Gasteiger partial charge on any atom is -0.451 e. The second-order valence-corrected chi connectivity index (χ2v) is 5.61. The van der Waals surface area contributed by atoms with Gasteiger partial charge in [-0.05, 0) is 32.0 Å². The fourth-order valence-corrected chi connectivity index (χ4v) is 2.42. The molecule has 0 heterocycles. The summed E-state index contributed by atoms with van der Waals surface area (Å²) < 4.78 is 9.98. The molecule has 7 heteroatoms. The van der Waals surface area contributed by atoms with Gasteiger partial charge in [-0.25, -0.2) is 9.59 Å². The van der Waals surface area contributed by atoms with Crippen molar-refractivity contribution in [3.05, 3.63) is 24.3 Å². The first-order valence-corrected chi connectivity index (χ1v) is 8.18. The molecule has 0 aliphatic carbocycles. The Morgan fingerprint density at radius 1 is 1.07 bits per heavy atom. The van der Waals surface area contributed by atoms with Crippen molar-refractivity contribution in [2.45, 2.75) is 32.9 Å². The number of amides is 1. The van der Waals surface area contributed by atoms with E-state index in [4.69, 9.17) is 22.3 Å². The molecule has 0 fully saturated rings. The molecule has 1 aromatic rings. The van der Waals surface area contributed by atoms with E-state index < -0.39 is 24.0 Å². The summed E-state index contributed by atoms with van der Waals surface area (Å²) in [5.41, 5.74) is 1.02. The van der Waals surface area contributed by atoms with Crippen LogP contribution in [0.3, 0.4) is 0 Å². The standard InChI is InChI=1S/C20H22N2O5/c1-6-11-26-19(24)14(3)22(15(4)20(25)27-12-7-2)18-10-8-9-17(13-18)21-16(5)23/h1-2,8-10,13-15H,11-12H2,3-5H3,(H,21,23). The molecule has 0 radical (unpaired) electrons. The van der Waals surface area contributed by atoms with E-state index in [0.29, 0.717) is 11.4 Å². The molecule has 2 unspecified atom stereocenters. The van der Waals surface area contributed by atoms with Gasteiger partial charge in [-0.2, -0.15) is 0 Å². The maximum absolute atomic E-state index is 12.3. The smallest absolute Gasteiger partial charge is 0.329 e. The van der Waals surface area contributed by atoms with E-state index in [9.17, 15) is 14.4 Å². The average molecular weight is 370 g/mol. The molecule has 27 heavy (non-hydrogen) atoms. The number of ether oxygens (including phenoxy) is 2. The quantitative estimate of drug-likeness (QED) is 0.552. The van der Waals surface area contributed by atoms with E-state index >= 15 is 0 Å². The summed E-state index contributed by atoms with van der Waals surface area (Å²) in [4.78, 5) is 37.4. The summed E-state index contributed by atoms with van der Waals surface area (Å²) in [6, 6.07) is 5.01. The predicted octanol–water partition coefficient (Wildman–Crippen LogP) is 1.58. The summed E-state index contributed by atoms with van der Waals surface area (Å²) in [5.74, 6) is 2.99. The number of terminal acetylenes is 2. The highest BCUT2D eigenvalue weighted by Crippen LogP contribution is 2.25. The summed E-state index contributed by atoms with van der Waals surface area (Å²) in [7, 11) is 0. The molecule has 2 atom stereocenters. The number of carbonyl (C=O) groups is 3. The normalized spacial score (nSPS) is 11.9. The van der Waals surface area contributed by atoms with Crippen molar-refractivity contribution >= 4 is 29.2 Å². The fraction of sp³-hybridized carbons (Fsp3) is 0.350. The summed E-state index contributed by atoms with van der Waals surface area (Å²) >= 11 is 0. The summed E-state index contributed by atoms with van der Waals surface area (Å²) in [6.45, 7) is 4.17. The molecule has 7 nitrogen and oxygen atoms in total. The lowest BCUT2D eigenvalue weighted by Gasteiger charge is -2.34. The van der Waals surface area contributed by atoms with Crippen LogP contribution in [0.4, 0.5) is 11.4 Å². The highest BCUT2D eigenvalue weighted by Gasteiger charge is 2.32. The number of nitrogens with zero attached hydrogens (tertiary/aromatic N) is 1. The Morgan fingerprint density at radius 2 is 1.59 bits per heavy atom. The van der Waals surface area contributed by atoms with Crippen LogP contribution in [-0.4, -0.2) is 43.1 Å². The van der Waals surface area contributed by atoms with Crippen LogP contribution in [0.2, 0.25) is 0 Å². The van der Waals surface area contributed by atoms with Gasteiger partial charge >= 0.3 is 11.9 Å². The zero-order valence-electron chi connectivity index (χ0n) is 15.5. The molecule has 1 amide bonds. The van der Waals surface area contributed by atoms with Crippen LogP contribution in [0, 0.1) is 24.7 Å². The maximum atomic E-state index is 12.3. The molecular weight excluding hydrogens is 348 g/mol. The Morgan fingerprint density at radius 3 is 2.04 bits per heavy atom. The van der Waals surface area contributed by atoms with E-state index in [1.165, 1.54) is 11.8 Å². The van der Waals surface area contributed by atoms with Gasteiger partial charge < -0.3 is 19.7 Å². The fourth-order valence-electron chi connectivity index (χ4n) is 2.42. The van der Waals surface area contributed by atoms with Crippen molar-refractivity contribution in [2.24, 2.45) is 0 Å². The molecule has 1 rings (SSSR count). The first-order chi connectivity index (χ1) is 12.8. The molecule has 1 N–H and O–H groups in total. The number of benzene rings is 1. The van der Waals surface area contributed by atoms with Crippen LogP contribution in [0.1, 0.15) is 20.8 Å². The summed E-state index contributed by atoms with van der Waals surface area (Å²) in [5, 5.41) is 2.65. The van der Waals surface area contributed by atoms with E-state index in [1.54, 1.807) is 38.1 Å². The number of carbonyl (C=O) groups excluding carboxylic acids is 3. The number of hydrogen-bond donors (Lipinski definition) is 1. The predicted molar refractivity (Wildman–Crippen MR) is 102 cm³/mol. The van der Waals surface area contributed by atoms with E-state index in [2.05, 4.69) is 17.2 Å². The Labute approximate surface area is 159 Å². The third-order valence-electron chi connectivity index (χ3n) is 3.58. The third kappa shape index (κ3) is 6.41. The van der Waals surface area contributed by atoms with Crippen molar-refractivity contribution in [2.75, 3.05) is 23.4 Å². The number of hydrogen-bond acceptors (Lipinski definition) is 6. The molecule has 0 spiro atoms. The number of anilines is 2. The van der Waals surface area contributed by atoms with E-state index in [-0.39, 0.29) is 19.1 Å². The minimum absolute atomic E-state index is 0.182. The van der Waals surface area contributed by atoms with Gasteiger partial charge in [-0.15, -0.1) is 12.8 Å².